The number of hydrogen-bond acceptors (Lipinski definition) is 5. The first-order valence-corrected chi connectivity index (χ1v) is 5.53. The molecule has 0 spiro atoms. The van der Waals surface area contributed by atoms with E-state index in [1.165, 1.54) is 0 Å². The van der Waals surface area contributed by atoms with Crippen LogP contribution >= 0.6 is 0 Å². The Hall–Kier alpha value is -1.89. The van der Waals surface area contributed by atoms with Gasteiger partial charge in [-0.15, -0.1) is 0 Å². The van der Waals surface area contributed by atoms with Crippen LogP contribution in [0, 0.1) is 5.92 Å². The molecule has 7 nitrogen and oxygen atoms in total. The van der Waals surface area contributed by atoms with Crippen LogP contribution in [0.4, 0.5) is 5.95 Å². The predicted molar refractivity (Wildman–Crippen MR) is 63.2 cm³/mol. The quantitative estimate of drug-likeness (QED) is 0.573. The van der Waals surface area contributed by atoms with Gasteiger partial charge >= 0.3 is 0 Å². The molecule has 2 heterocycles. The molecular weight excluding hydrogens is 220 g/mol. The summed E-state index contributed by atoms with van der Waals surface area (Å²) in [6.45, 7) is 1.92. The van der Waals surface area contributed by atoms with Crippen LogP contribution in [0.3, 0.4) is 0 Å². The van der Waals surface area contributed by atoms with E-state index in [0.29, 0.717) is 22.9 Å². The third-order valence-corrected chi connectivity index (χ3v) is 3.32. The molecule has 1 unspecified atom stereocenters. The maximum absolute atomic E-state index is 11.6. The van der Waals surface area contributed by atoms with E-state index in [4.69, 9.17) is 11.5 Å². The molecule has 6 N–H and O–H groups in total. The maximum Gasteiger partial charge on any atom is 0.278 e. The van der Waals surface area contributed by atoms with Crippen LogP contribution in [0.25, 0.3) is 11.2 Å². The zero-order valence-electron chi connectivity index (χ0n) is 9.45. The van der Waals surface area contributed by atoms with E-state index in [1.807, 2.05) is 6.92 Å². The van der Waals surface area contributed by atoms with Gasteiger partial charge in [0.2, 0.25) is 5.95 Å². The lowest BCUT2D eigenvalue weighted by atomic mass is 9.97. The van der Waals surface area contributed by atoms with Crippen molar-refractivity contribution in [3.63, 3.8) is 0 Å². The summed E-state index contributed by atoms with van der Waals surface area (Å²) in [5.74, 6) is 1.07. The number of fused-ring (bicyclic) bond motifs is 1. The van der Waals surface area contributed by atoms with Crippen molar-refractivity contribution in [2.75, 3.05) is 5.73 Å². The van der Waals surface area contributed by atoms with E-state index in [9.17, 15) is 4.79 Å². The maximum atomic E-state index is 11.6. The summed E-state index contributed by atoms with van der Waals surface area (Å²) in [5, 5.41) is 0. The highest BCUT2D eigenvalue weighted by molar-refractivity contribution is 5.70. The summed E-state index contributed by atoms with van der Waals surface area (Å²) in [5.41, 5.74) is 11.5. The molecular formula is C10H14N6O. The van der Waals surface area contributed by atoms with Crippen LogP contribution in [0.2, 0.25) is 0 Å². The van der Waals surface area contributed by atoms with Crippen LogP contribution in [0.5, 0.6) is 0 Å². The highest BCUT2D eigenvalue weighted by atomic mass is 16.1. The van der Waals surface area contributed by atoms with Crippen LogP contribution in [-0.4, -0.2) is 19.9 Å². The SMILES string of the molecule is CC(N)(c1nc2nc(N)[nH]c(=O)c2[nH]1)C1CC1. The van der Waals surface area contributed by atoms with Gasteiger partial charge in [-0.25, -0.2) is 4.98 Å². The normalized spacial score (nSPS) is 19.4. The molecule has 0 aliphatic heterocycles. The minimum atomic E-state index is -0.540. The highest BCUT2D eigenvalue weighted by Gasteiger charge is 2.42. The molecule has 0 saturated heterocycles. The van der Waals surface area contributed by atoms with E-state index < -0.39 is 5.54 Å². The Balaban J connectivity index is 2.19. The summed E-state index contributed by atoms with van der Waals surface area (Å²) in [6.07, 6.45) is 2.19. The smallest absolute Gasteiger partial charge is 0.278 e. The molecule has 0 aromatic carbocycles. The van der Waals surface area contributed by atoms with Crippen molar-refractivity contribution in [2.24, 2.45) is 11.7 Å². The van der Waals surface area contributed by atoms with Gasteiger partial charge in [-0.3, -0.25) is 9.78 Å². The molecule has 3 rings (SSSR count). The molecule has 90 valence electrons. The van der Waals surface area contributed by atoms with E-state index in [1.54, 1.807) is 0 Å². The van der Waals surface area contributed by atoms with Gasteiger partial charge in [0.05, 0.1) is 5.54 Å². The Morgan fingerprint density at radius 1 is 1.35 bits per heavy atom. The number of hydrogen-bond donors (Lipinski definition) is 4. The fourth-order valence-corrected chi connectivity index (χ4v) is 2.06. The van der Waals surface area contributed by atoms with Crippen molar-refractivity contribution in [3.8, 4) is 0 Å². The van der Waals surface area contributed by atoms with Gasteiger partial charge < -0.3 is 16.5 Å². The number of H-pyrrole nitrogens is 2. The third kappa shape index (κ3) is 1.50. The van der Waals surface area contributed by atoms with E-state index in [0.717, 1.165) is 12.8 Å². The molecule has 17 heavy (non-hydrogen) atoms. The number of rotatable bonds is 2. The monoisotopic (exact) mass is 234 g/mol. The van der Waals surface area contributed by atoms with Gasteiger partial charge in [-0.1, -0.05) is 0 Å². The van der Waals surface area contributed by atoms with Crippen molar-refractivity contribution < 1.29 is 0 Å². The molecule has 1 aliphatic rings. The van der Waals surface area contributed by atoms with Gasteiger partial charge in [-0.2, -0.15) is 4.98 Å². The standard InChI is InChI=1S/C10H14N6O/c1-10(12,4-2-3-4)8-13-5-6(14-8)15-9(11)16-7(5)17/h4H,2-3,12H2,1H3,(H4,11,13,14,15,16,17). The minimum absolute atomic E-state index is 0.0608. The zero-order valence-corrected chi connectivity index (χ0v) is 9.45. The molecule has 1 fully saturated rings. The summed E-state index contributed by atoms with van der Waals surface area (Å²) in [6, 6.07) is 0. The molecule has 0 radical (unpaired) electrons. The summed E-state index contributed by atoms with van der Waals surface area (Å²) >= 11 is 0. The highest BCUT2D eigenvalue weighted by Crippen LogP contribution is 2.42. The van der Waals surface area contributed by atoms with Gasteiger partial charge in [0.25, 0.3) is 5.56 Å². The van der Waals surface area contributed by atoms with Gasteiger partial charge in [0, 0.05) is 0 Å². The number of nitrogens with zero attached hydrogens (tertiary/aromatic N) is 2. The molecule has 1 saturated carbocycles. The van der Waals surface area contributed by atoms with E-state index in [-0.39, 0.29) is 11.5 Å². The van der Waals surface area contributed by atoms with Crippen molar-refractivity contribution in [1.29, 1.82) is 0 Å². The Labute approximate surface area is 96.6 Å². The van der Waals surface area contributed by atoms with Crippen LogP contribution in [0.15, 0.2) is 4.79 Å². The van der Waals surface area contributed by atoms with E-state index in [2.05, 4.69) is 19.9 Å². The van der Waals surface area contributed by atoms with Gasteiger partial charge in [0.1, 0.15) is 5.82 Å². The lowest BCUT2D eigenvalue weighted by Crippen LogP contribution is -2.36. The Kier molecular flexibility index (Phi) is 1.86. The Morgan fingerprint density at radius 3 is 2.71 bits per heavy atom. The second kappa shape index (κ2) is 3.07. The first-order valence-electron chi connectivity index (χ1n) is 5.53. The third-order valence-electron chi connectivity index (χ3n) is 3.32. The predicted octanol–water partition coefficient (Wildman–Crippen LogP) is -0.188. The number of imidazole rings is 1. The lowest BCUT2D eigenvalue weighted by Gasteiger charge is -2.20. The average Bonchev–Trinajstić information content (AvgIpc) is 2.99. The van der Waals surface area contributed by atoms with Crippen LogP contribution < -0.4 is 17.0 Å². The average molecular weight is 234 g/mol. The van der Waals surface area contributed by atoms with Gasteiger partial charge in [0.15, 0.2) is 11.2 Å². The number of anilines is 1. The summed E-state index contributed by atoms with van der Waals surface area (Å²) in [4.78, 5) is 25.3. The second-order valence-corrected chi connectivity index (χ2v) is 4.79. The lowest BCUT2D eigenvalue weighted by molar-refractivity contribution is 0.405. The van der Waals surface area contributed by atoms with Crippen LogP contribution in [0.1, 0.15) is 25.6 Å². The number of aromatic amines is 2. The van der Waals surface area contributed by atoms with Crippen molar-refractivity contribution in [1.82, 2.24) is 19.9 Å². The first-order chi connectivity index (χ1) is 7.98. The number of nitrogens with two attached hydrogens (primary N) is 2. The van der Waals surface area contributed by atoms with Crippen molar-refractivity contribution in [3.05, 3.63) is 16.2 Å². The molecule has 7 heteroatoms. The minimum Gasteiger partial charge on any atom is -0.369 e. The second-order valence-electron chi connectivity index (χ2n) is 4.79. The fraction of sp³-hybridized carbons (Fsp3) is 0.500. The number of aromatic nitrogens is 4. The molecule has 2 aromatic heterocycles. The Morgan fingerprint density at radius 2 is 2.06 bits per heavy atom. The molecule has 0 amide bonds. The van der Waals surface area contributed by atoms with E-state index >= 15 is 0 Å². The fourth-order valence-electron chi connectivity index (χ4n) is 2.06. The molecule has 2 aromatic rings. The topological polar surface area (TPSA) is 126 Å². The largest absolute Gasteiger partial charge is 0.369 e. The molecule has 1 aliphatic carbocycles. The van der Waals surface area contributed by atoms with Crippen molar-refractivity contribution in [2.45, 2.75) is 25.3 Å². The van der Waals surface area contributed by atoms with Crippen LogP contribution in [-0.2, 0) is 5.54 Å². The summed E-state index contributed by atoms with van der Waals surface area (Å²) in [7, 11) is 0. The summed E-state index contributed by atoms with van der Waals surface area (Å²) < 4.78 is 0. The Bertz CT molecular complexity index is 636. The zero-order chi connectivity index (χ0) is 12.2. The molecule has 0 bridgehead atoms. The van der Waals surface area contributed by atoms with Crippen molar-refractivity contribution >= 4 is 17.1 Å². The van der Waals surface area contributed by atoms with Gasteiger partial charge in [-0.05, 0) is 25.7 Å². The number of nitrogens with one attached hydrogen (secondary N) is 2. The number of nitrogen functional groups attached to an aromatic ring is 1. The first kappa shape index (κ1) is 10.3. The molecule has 1 atom stereocenters.